The number of carbonyl (C=O) groups excluding carboxylic acids is 2. The average molecular weight is 327 g/mol. The van der Waals surface area contributed by atoms with Crippen LogP contribution in [0, 0.1) is 0 Å². The van der Waals surface area contributed by atoms with Crippen LogP contribution in [0.2, 0.25) is 0 Å². The van der Waals surface area contributed by atoms with Gasteiger partial charge in [-0.15, -0.1) is 0 Å². The van der Waals surface area contributed by atoms with E-state index in [9.17, 15) is 9.59 Å². The van der Waals surface area contributed by atoms with Gasteiger partial charge in [-0.1, -0.05) is 0 Å². The van der Waals surface area contributed by atoms with E-state index in [0.717, 1.165) is 11.4 Å². The fourth-order valence-electron chi connectivity index (χ4n) is 2.06. The van der Waals surface area contributed by atoms with Gasteiger partial charge in [0.25, 0.3) is 5.91 Å². The lowest BCUT2D eigenvalue weighted by atomic mass is 10.2. The third-order valence-corrected chi connectivity index (χ3v) is 3.31. The molecule has 0 aliphatic heterocycles. The molecule has 2 rings (SSSR count). The second kappa shape index (κ2) is 8.57. The first-order valence-electron chi connectivity index (χ1n) is 7.68. The van der Waals surface area contributed by atoms with Crippen molar-refractivity contribution < 1.29 is 14.3 Å². The molecule has 0 aliphatic carbocycles. The smallest absolute Gasteiger partial charge is 0.251 e. The first kappa shape index (κ1) is 17.3. The van der Waals surface area contributed by atoms with Crippen molar-refractivity contribution in [3.63, 3.8) is 0 Å². The summed E-state index contributed by atoms with van der Waals surface area (Å²) in [7, 11) is 1.59. The van der Waals surface area contributed by atoms with Gasteiger partial charge in [0.15, 0.2) is 0 Å². The molecule has 0 bridgehead atoms. The summed E-state index contributed by atoms with van der Waals surface area (Å²) in [6.07, 6.45) is 0. The normalized spacial score (nSPS) is 9.92. The predicted octanol–water partition coefficient (Wildman–Crippen LogP) is 2.50. The molecule has 6 heteroatoms. The van der Waals surface area contributed by atoms with Crippen molar-refractivity contribution in [3.05, 3.63) is 54.1 Å². The van der Waals surface area contributed by atoms with Crippen molar-refractivity contribution in [1.82, 2.24) is 5.32 Å². The van der Waals surface area contributed by atoms with E-state index in [2.05, 4.69) is 16.0 Å². The van der Waals surface area contributed by atoms with Crippen LogP contribution in [-0.2, 0) is 4.79 Å². The molecule has 126 valence electrons. The highest BCUT2D eigenvalue weighted by atomic mass is 16.5. The van der Waals surface area contributed by atoms with Crippen LogP contribution in [-0.4, -0.2) is 32.0 Å². The van der Waals surface area contributed by atoms with Gasteiger partial charge in [-0.25, -0.2) is 0 Å². The van der Waals surface area contributed by atoms with Crippen LogP contribution in [0.15, 0.2) is 48.5 Å². The Morgan fingerprint density at radius 1 is 0.958 bits per heavy atom. The minimum Gasteiger partial charge on any atom is -0.497 e. The maximum Gasteiger partial charge on any atom is 0.251 e. The van der Waals surface area contributed by atoms with Gasteiger partial charge < -0.3 is 20.7 Å². The zero-order valence-electron chi connectivity index (χ0n) is 13.8. The van der Waals surface area contributed by atoms with E-state index in [4.69, 9.17) is 4.74 Å². The zero-order chi connectivity index (χ0) is 17.4. The predicted molar refractivity (Wildman–Crippen MR) is 94.6 cm³/mol. The van der Waals surface area contributed by atoms with E-state index in [0.29, 0.717) is 17.8 Å². The lowest BCUT2D eigenvalue weighted by Gasteiger charge is -2.09. The molecule has 0 radical (unpaired) electrons. The van der Waals surface area contributed by atoms with Crippen LogP contribution in [0.4, 0.5) is 11.4 Å². The second-order valence-corrected chi connectivity index (χ2v) is 5.07. The highest BCUT2D eigenvalue weighted by molar-refractivity contribution is 5.95. The monoisotopic (exact) mass is 327 g/mol. The van der Waals surface area contributed by atoms with E-state index in [1.165, 1.54) is 0 Å². The number of nitrogens with one attached hydrogen (secondary N) is 3. The van der Waals surface area contributed by atoms with Gasteiger partial charge in [0, 0.05) is 23.5 Å². The number of methoxy groups -OCH3 is 1. The minimum absolute atomic E-state index is 0.110. The van der Waals surface area contributed by atoms with Crippen molar-refractivity contribution in [2.45, 2.75) is 6.92 Å². The molecule has 0 heterocycles. The molecule has 2 aromatic rings. The highest BCUT2D eigenvalue weighted by Gasteiger charge is 2.05. The molecule has 0 aliphatic rings. The second-order valence-electron chi connectivity index (χ2n) is 5.07. The van der Waals surface area contributed by atoms with Gasteiger partial charge in [-0.2, -0.15) is 0 Å². The molecule has 0 atom stereocenters. The number of amides is 2. The molecule has 0 saturated carbocycles. The summed E-state index contributed by atoms with van der Waals surface area (Å²) in [6, 6.07) is 14.1. The fraction of sp³-hybridized carbons (Fsp3) is 0.222. The number of ether oxygens (including phenoxy) is 1. The maximum atomic E-state index is 11.9. The van der Waals surface area contributed by atoms with Crippen LogP contribution in [0.3, 0.4) is 0 Å². The largest absolute Gasteiger partial charge is 0.497 e. The van der Waals surface area contributed by atoms with Gasteiger partial charge in [-0.3, -0.25) is 9.59 Å². The summed E-state index contributed by atoms with van der Waals surface area (Å²) >= 11 is 0. The number of anilines is 2. The van der Waals surface area contributed by atoms with E-state index in [-0.39, 0.29) is 18.4 Å². The number of carbonyl (C=O) groups is 2. The molecule has 0 aromatic heterocycles. The molecule has 6 nitrogen and oxygen atoms in total. The fourth-order valence-corrected chi connectivity index (χ4v) is 2.06. The molecular weight excluding hydrogens is 306 g/mol. The third kappa shape index (κ3) is 5.01. The third-order valence-electron chi connectivity index (χ3n) is 3.31. The quantitative estimate of drug-likeness (QED) is 0.730. The number of hydrogen-bond donors (Lipinski definition) is 3. The van der Waals surface area contributed by atoms with Gasteiger partial charge in [0.05, 0.1) is 13.7 Å². The van der Waals surface area contributed by atoms with Gasteiger partial charge in [0.1, 0.15) is 5.75 Å². The summed E-state index contributed by atoms with van der Waals surface area (Å²) in [5.41, 5.74) is 2.06. The molecule has 24 heavy (non-hydrogen) atoms. The molecular formula is C18H21N3O3. The molecule has 0 spiro atoms. The van der Waals surface area contributed by atoms with E-state index in [1.54, 1.807) is 55.6 Å². The van der Waals surface area contributed by atoms with Gasteiger partial charge in [0.2, 0.25) is 5.91 Å². The van der Waals surface area contributed by atoms with Crippen molar-refractivity contribution in [3.8, 4) is 5.75 Å². The van der Waals surface area contributed by atoms with E-state index in [1.807, 2.05) is 6.92 Å². The zero-order valence-corrected chi connectivity index (χ0v) is 13.8. The van der Waals surface area contributed by atoms with Crippen LogP contribution in [0.5, 0.6) is 5.75 Å². The summed E-state index contributed by atoms with van der Waals surface area (Å²) in [6.45, 7) is 2.59. The van der Waals surface area contributed by atoms with Crippen molar-refractivity contribution in [1.29, 1.82) is 0 Å². The standard InChI is InChI=1S/C18H21N3O3/c1-3-19-18(23)13-4-6-14(7-5-13)20-12-17(22)21-15-8-10-16(24-2)11-9-15/h4-11,20H,3,12H2,1-2H3,(H,19,23)(H,21,22). The number of benzene rings is 2. The Labute approximate surface area is 141 Å². The summed E-state index contributed by atoms with van der Waals surface area (Å²) < 4.78 is 5.07. The minimum atomic E-state index is -0.159. The average Bonchev–Trinajstić information content (AvgIpc) is 2.61. The topological polar surface area (TPSA) is 79.5 Å². The molecule has 0 saturated heterocycles. The maximum absolute atomic E-state index is 11.9. The molecule has 3 N–H and O–H groups in total. The Morgan fingerprint density at radius 2 is 1.58 bits per heavy atom. The van der Waals surface area contributed by atoms with Gasteiger partial charge >= 0.3 is 0 Å². The molecule has 0 unspecified atom stereocenters. The Kier molecular flexibility index (Phi) is 6.19. The van der Waals surface area contributed by atoms with E-state index >= 15 is 0 Å². The first-order valence-corrected chi connectivity index (χ1v) is 7.68. The van der Waals surface area contributed by atoms with Crippen LogP contribution in [0.25, 0.3) is 0 Å². The molecule has 0 fully saturated rings. The summed E-state index contributed by atoms with van der Waals surface area (Å²) in [4.78, 5) is 23.6. The summed E-state index contributed by atoms with van der Waals surface area (Å²) in [5, 5.41) is 8.54. The Morgan fingerprint density at radius 3 is 2.17 bits per heavy atom. The van der Waals surface area contributed by atoms with Crippen molar-refractivity contribution >= 4 is 23.2 Å². The number of hydrogen-bond acceptors (Lipinski definition) is 4. The summed E-state index contributed by atoms with van der Waals surface area (Å²) in [5.74, 6) is 0.465. The Bertz CT molecular complexity index is 682. The highest BCUT2D eigenvalue weighted by Crippen LogP contribution is 2.15. The SMILES string of the molecule is CCNC(=O)c1ccc(NCC(=O)Nc2ccc(OC)cc2)cc1. The van der Waals surface area contributed by atoms with Crippen LogP contribution in [0.1, 0.15) is 17.3 Å². The Hall–Kier alpha value is -3.02. The van der Waals surface area contributed by atoms with E-state index < -0.39 is 0 Å². The van der Waals surface area contributed by atoms with Gasteiger partial charge in [-0.05, 0) is 55.5 Å². The first-order chi connectivity index (χ1) is 11.6. The van der Waals surface area contributed by atoms with Crippen molar-refractivity contribution in [2.75, 3.05) is 30.8 Å². The van der Waals surface area contributed by atoms with Crippen molar-refractivity contribution in [2.24, 2.45) is 0 Å². The van der Waals surface area contributed by atoms with Crippen LogP contribution >= 0.6 is 0 Å². The molecule has 2 amide bonds. The van der Waals surface area contributed by atoms with Crippen LogP contribution < -0.4 is 20.7 Å². The Balaban J connectivity index is 1.83. The molecule has 2 aromatic carbocycles. The number of rotatable bonds is 7. The lowest BCUT2D eigenvalue weighted by molar-refractivity contribution is -0.114. The lowest BCUT2D eigenvalue weighted by Crippen LogP contribution is -2.23.